The average Bonchev–Trinajstić information content (AvgIpc) is 2.20. The fourth-order valence-corrected chi connectivity index (χ4v) is 1.72. The highest BCUT2D eigenvalue weighted by molar-refractivity contribution is 4.81. The number of nitrogens with two attached hydrogens (primary N) is 2. The molecule has 0 aromatic heterocycles. The molecule has 0 aliphatic rings. The zero-order valence-electron chi connectivity index (χ0n) is 9.31. The molecule has 0 radical (unpaired) electrons. The van der Waals surface area contributed by atoms with Gasteiger partial charge in [-0.2, -0.15) is 0 Å². The van der Waals surface area contributed by atoms with E-state index in [1.807, 2.05) is 0 Å². The van der Waals surface area contributed by atoms with Crippen molar-refractivity contribution < 1.29 is 0 Å². The second kappa shape index (κ2) is 7.34. The molecule has 0 spiro atoms. The Labute approximate surface area is 83.1 Å². The Kier molecular flexibility index (Phi) is 7.29. The first-order valence-electron chi connectivity index (χ1n) is 5.64. The van der Waals surface area contributed by atoms with Gasteiger partial charge in [0, 0.05) is 0 Å². The van der Waals surface area contributed by atoms with Gasteiger partial charge < -0.3 is 11.5 Å². The molecule has 0 aromatic rings. The number of rotatable bonds is 8. The van der Waals surface area contributed by atoms with Crippen LogP contribution in [0.1, 0.15) is 52.4 Å². The maximum absolute atomic E-state index is 5.82. The molecule has 0 bridgehead atoms. The molecule has 4 N–H and O–H groups in total. The fraction of sp³-hybridized carbons (Fsp3) is 1.00. The number of hydrogen-bond acceptors (Lipinski definition) is 2. The van der Waals surface area contributed by atoms with Crippen LogP contribution in [-0.2, 0) is 0 Å². The van der Waals surface area contributed by atoms with Gasteiger partial charge in [-0.25, -0.2) is 0 Å². The first-order valence-corrected chi connectivity index (χ1v) is 5.64. The minimum Gasteiger partial charge on any atom is -0.330 e. The molecule has 0 atom stereocenters. The van der Waals surface area contributed by atoms with Gasteiger partial charge in [-0.05, 0) is 31.3 Å². The second-order valence-corrected chi connectivity index (χ2v) is 4.12. The van der Waals surface area contributed by atoms with Crippen molar-refractivity contribution in [3.63, 3.8) is 0 Å². The molecule has 2 heteroatoms. The zero-order valence-corrected chi connectivity index (χ0v) is 9.31. The molecule has 0 aliphatic carbocycles. The van der Waals surface area contributed by atoms with E-state index in [2.05, 4.69) is 13.8 Å². The SMILES string of the molecule is CCCCC(CN)(CN)CCCC. The van der Waals surface area contributed by atoms with Gasteiger partial charge in [0.1, 0.15) is 0 Å². The number of unbranched alkanes of at least 4 members (excludes halogenated alkanes) is 2. The molecular formula is C11H26N2. The van der Waals surface area contributed by atoms with Crippen LogP contribution < -0.4 is 11.5 Å². The Morgan fingerprint density at radius 1 is 0.846 bits per heavy atom. The van der Waals surface area contributed by atoms with Gasteiger partial charge in [0.2, 0.25) is 0 Å². The Hall–Kier alpha value is -0.0800. The molecule has 0 fully saturated rings. The average molecular weight is 186 g/mol. The van der Waals surface area contributed by atoms with Crippen molar-refractivity contribution in [2.24, 2.45) is 16.9 Å². The van der Waals surface area contributed by atoms with E-state index >= 15 is 0 Å². The van der Waals surface area contributed by atoms with Gasteiger partial charge in [0.25, 0.3) is 0 Å². The highest BCUT2D eigenvalue weighted by atomic mass is 14.7. The van der Waals surface area contributed by atoms with Crippen LogP contribution in [0.2, 0.25) is 0 Å². The molecular weight excluding hydrogens is 160 g/mol. The summed E-state index contributed by atoms with van der Waals surface area (Å²) in [5.41, 5.74) is 11.9. The Morgan fingerprint density at radius 2 is 1.23 bits per heavy atom. The van der Waals surface area contributed by atoms with Crippen molar-refractivity contribution in [3.05, 3.63) is 0 Å². The summed E-state index contributed by atoms with van der Waals surface area (Å²) in [5.74, 6) is 0. The molecule has 2 nitrogen and oxygen atoms in total. The van der Waals surface area contributed by atoms with Gasteiger partial charge >= 0.3 is 0 Å². The standard InChI is InChI=1S/C11H26N2/c1-3-5-7-11(9-12,10-13)8-6-4-2/h3-10,12-13H2,1-2H3. The van der Waals surface area contributed by atoms with Crippen LogP contribution in [0.25, 0.3) is 0 Å². The summed E-state index contributed by atoms with van der Waals surface area (Å²) in [6.45, 7) is 5.95. The monoisotopic (exact) mass is 186 g/mol. The lowest BCUT2D eigenvalue weighted by atomic mass is 9.78. The predicted molar refractivity (Wildman–Crippen MR) is 59.6 cm³/mol. The van der Waals surface area contributed by atoms with Crippen molar-refractivity contribution in [1.82, 2.24) is 0 Å². The van der Waals surface area contributed by atoms with Gasteiger partial charge in [0.05, 0.1) is 0 Å². The minimum atomic E-state index is 0.242. The molecule has 0 saturated heterocycles. The van der Waals surface area contributed by atoms with Crippen molar-refractivity contribution >= 4 is 0 Å². The molecule has 0 amide bonds. The summed E-state index contributed by atoms with van der Waals surface area (Å²) in [5, 5.41) is 0. The largest absolute Gasteiger partial charge is 0.330 e. The lowest BCUT2D eigenvalue weighted by molar-refractivity contribution is 0.246. The molecule has 0 unspecified atom stereocenters. The smallest absolute Gasteiger partial charge is 0.000844 e. The van der Waals surface area contributed by atoms with Crippen molar-refractivity contribution in [1.29, 1.82) is 0 Å². The fourth-order valence-electron chi connectivity index (χ4n) is 1.72. The van der Waals surface area contributed by atoms with E-state index in [1.54, 1.807) is 0 Å². The van der Waals surface area contributed by atoms with Gasteiger partial charge in [0.15, 0.2) is 0 Å². The predicted octanol–water partition coefficient (Wildman–Crippen LogP) is 2.27. The van der Waals surface area contributed by atoms with E-state index in [1.165, 1.54) is 38.5 Å². The third kappa shape index (κ3) is 4.63. The summed E-state index contributed by atoms with van der Waals surface area (Å²) in [4.78, 5) is 0. The zero-order chi connectivity index (χ0) is 10.2. The van der Waals surface area contributed by atoms with Crippen LogP contribution in [-0.4, -0.2) is 13.1 Å². The third-order valence-electron chi connectivity index (χ3n) is 2.99. The Balaban J connectivity index is 3.97. The molecule has 13 heavy (non-hydrogen) atoms. The van der Waals surface area contributed by atoms with E-state index in [9.17, 15) is 0 Å². The normalized spacial score (nSPS) is 12.0. The molecule has 0 rings (SSSR count). The van der Waals surface area contributed by atoms with Crippen LogP contribution in [0.15, 0.2) is 0 Å². The summed E-state index contributed by atoms with van der Waals surface area (Å²) in [6, 6.07) is 0. The summed E-state index contributed by atoms with van der Waals surface area (Å²) in [7, 11) is 0. The summed E-state index contributed by atoms with van der Waals surface area (Å²) < 4.78 is 0. The van der Waals surface area contributed by atoms with Crippen molar-refractivity contribution in [2.45, 2.75) is 52.4 Å². The lowest BCUT2D eigenvalue weighted by Gasteiger charge is -2.31. The van der Waals surface area contributed by atoms with Crippen LogP contribution in [0, 0.1) is 5.41 Å². The van der Waals surface area contributed by atoms with E-state index in [-0.39, 0.29) is 5.41 Å². The topological polar surface area (TPSA) is 52.0 Å². The molecule has 80 valence electrons. The van der Waals surface area contributed by atoms with Crippen LogP contribution >= 0.6 is 0 Å². The second-order valence-electron chi connectivity index (χ2n) is 4.12. The highest BCUT2D eigenvalue weighted by Gasteiger charge is 2.25. The van der Waals surface area contributed by atoms with Gasteiger partial charge in [-0.3, -0.25) is 0 Å². The molecule has 0 aromatic carbocycles. The van der Waals surface area contributed by atoms with E-state index < -0.39 is 0 Å². The quantitative estimate of drug-likeness (QED) is 0.611. The van der Waals surface area contributed by atoms with Crippen LogP contribution in [0.5, 0.6) is 0 Å². The lowest BCUT2D eigenvalue weighted by Crippen LogP contribution is -2.38. The Bertz CT molecular complexity index is 98.7. The van der Waals surface area contributed by atoms with Gasteiger partial charge in [-0.15, -0.1) is 0 Å². The first-order chi connectivity index (χ1) is 6.24. The van der Waals surface area contributed by atoms with Crippen LogP contribution in [0.4, 0.5) is 0 Å². The molecule has 0 heterocycles. The maximum atomic E-state index is 5.82. The van der Waals surface area contributed by atoms with E-state index in [4.69, 9.17) is 11.5 Å². The van der Waals surface area contributed by atoms with E-state index in [0.717, 1.165) is 13.1 Å². The summed E-state index contributed by atoms with van der Waals surface area (Å²) in [6.07, 6.45) is 7.42. The maximum Gasteiger partial charge on any atom is -0.000844 e. The number of hydrogen-bond donors (Lipinski definition) is 2. The van der Waals surface area contributed by atoms with E-state index in [0.29, 0.717) is 0 Å². The minimum absolute atomic E-state index is 0.242. The van der Waals surface area contributed by atoms with Gasteiger partial charge in [-0.1, -0.05) is 39.5 Å². The highest BCUT2D eigenvalue weighted by Crippen LogP contribution is 2.28. The molecule has 0 saturated carbocycles. The van der Waals surface area contributed by atoms with Crippen LogP contribution in [0.3, 0.4) is 0 Å². The Morgan fingerprint density at radius 3 is 1.46 bits per heavy atom. The third-order valence-corrected chi connectivity index (χ3v) is 2.99. The summed E-state index contributed by atoms with van der Waals surface area (Å²) >= 11 is 0. The molecule has 0 aliphatic heterocycles. The first kappa shape index (κ1) is 12.9. The van der Waals surface area contributed by atoms with Crippen molar-refractivity contribution in [3.8, 4) is 0 Å². The van der Waals surface area contributed by atoms with Crippen molar-refractivity contribution in [2.75, 3.05) is 13.1 Å².